The molecule has 0 bridgehead atoms. The Labute approximate surface area is 138 Å². The Hall–Kier alpha value is -1.94. The van der Waals surface area contributed by atoms with E-state index in [4.69, 9.17) is 13.9 Å². The molecule has 1 heterocycles. The molecule has 0 unspecified atom stereocenters. The van der Waals surface area contributed by atoms with E-state index in [-0.39, 0.29) is 0 Å². The highest BCUT2D eigenvalue weighted by molar-refractivity contribution is 5.40. The molecule has 0 atom stereocenters. The van der Waals surface area contributed by atoms with E-state index in [9.17, 15) is 0 Å². The molecule has 4 nitrogen and oxygen atoms in total. The number of benzene rings is 1. The van der Waals surface area contributed by atoms with Gasteiger partial charge >= 0.3 is 0 Å². The van der Waals surface area contributed by atoms with Gasteiger partial charge in [0.1, 0.15) is 17.3 Å². The Morgan fingerprint density at radius 2 is 1.91 bits per heavy atom. The molecule has 0 spiro atoms. The average Bonchev–Trinajstić information content (AvgIpc) is 3.27. The fraction of sp³-hybridized carbons (Fsp3) is 0.474. The standard InChI is InChI=1S/C19H25NO3/c1-21-17-9-10-19(22-2)15(12-17)13-20(16-6-3-4-7-16)14-18-8-5-11-23-18/h5,8-12,16H,3-4,6-7,13-14H2,1-2H3. The summed E-state index contributed by atoms with van der Waals surface area (Å²) in [6.07, 6.45) is 6.89. The molecule has 1 aliphatic rings. The van der Waals surface area contributed by atoms with Crippen molar-refractivity contribution in [3.63, 3.8) is 0 Å². The zero-order chi connectivity index (χ0) is 16.1. The number of ether oxygens (including phenoxy) is 2. The number of rotatable bonds is 7. The van der Waals surface area contributed by atoms with Gasteiger partial charge in [0.05, 0.1) is 27.0 Å². The van der Waals surface area contributed by atoms with Crippen LogP contribution in [0.2, 0.25) is 0 Å². The van der Waals surface area contributed by atoms with E-state index < -0.39 is 0 Å². The predicted octanol–water partition coefficient (Wildman–Crippen LogP) is 4.24. The van der Waals surface area contributed by atoms with E-state index in [0.29, 0.717) is 6.04 Å². The number of hydrogen-bond acceptors (Lipinski definition) is 4. The molecule has 4 heteroatoms. The summed E-state index contributed by atoms with van der Waals surface area (Å²) in [5.74, 6) is 2.79. The van der Waals surface area contributed by atoms with Gasteiger partial charge < -0.3 is 13.9 Å². The lowest BCUT2D eigenvalue weighted by molar-refractivity contribution is 0.165. The highest BCUT2D eigenvalue weighted by Crippen LogP contribution is 2.30. The monoisotopic (exact) mass is 315 g/mol. The van der Waals surface area contributed by atoms with Gasteiger partial charge in [0, 0.05) is 18.2 Å². The first-order valence-corrected chi connectivity index (χ1v) is 8.27. The minimum absolute atomic E-state index is 0.607. The van der Waals surface area contributed by atoms with Crippen molar-refractivity contribution >= 4 is 0 Å². The second-order valence-electron chi connectivity index (χ2n) is 6.10. The van der Waals surface area contributed by atoms with Crippen LogP contribution in [-0.4, -0.2) is 25.2 Å². The molecule has 1 aromatic heterocycles. The van der Waals surface area contributed by atoms with Crippen LogP contribution in [0, 0.1) is 0 Å². The first-order valence-electron chi connectivity index (χ1n) is 8.27. The molecule has 0 N–H and O–H groups in total. The van der Waals surface area contributed by atoms with Crippen molar-refractivity contribution < 1.29 is 13.9 Å². The summed E-state index contributed by atoms with van der Waals surface area (Å²) in [4.78, 5) is 2.50. The number of nitrogens with zero attached hydrogens (tertiary/aromatic N) is 1. The van der Waals surface area contributed by atoms with Crippen LogP contribution < -0.4 is 9.47 Å². The molecular formula is C19H25NO3. The maximum atomic E-state index is 5.57. The molecule has 2 aromatic rings. The molecule has 0 aliphatic heterocycles. The van der Waals surface area contributed by atoms with Crippen LogP contribution in [0.4, 0.5) is 0 Å². The number of hydrogen-bond donors (Lipinski definition) is 0. The molecule has 1 aromatic carbocycles. The van der Waals surface area contributed by atoms with Crippen LogP contribution in [0.15, 0.2) is 41.0 Å². The van der Waals surface area contributed by atoms with E-state index in [1.54, 1.807) is 20.5 Å². The SMILES string of the molecule is COc1ccc(OC)c(CN(Cc2ccco2)C2CCCC2)c1. The quantitative estimate of drug-likeness (QED) is 0.765. The van der Waals surface area contributed by atoms with Gasteiger partial charge in [-0.1, -0.05) is 12.8 Å². The molecule has 0 radical (unpaired) electrons. The normalized spacial score (nSPS) is 15.3. The van der Waals surface area contributed by atoms with E-state index in [1.165, 1.54) is 25.7 Å². The summed E-state index contributed by atoms with van der Waals surface area (Å²) in [5.41, 5.74) is 1.16. The smallest absolute Gasteiger partial charge is 0.123 e. The van der Waals surface area contributed by atoms with Crippen LogP contribution in [-0.2, 0) is 13.1 Å². The topological polar surface area (TPSA) is 34.8 Å². The van der Waals surface area contributed by atoms with Crippen molar-refractivity contribution in [1.29, 1.82) is 0 Å². The second-order valence-corrected chi connectivity index (χ2v) is 6.10. The van der Waals surface area contributed by atoms with Crippen molar-refractivity contribution in [3.05, 3.63) is 47.9 Å². The Morgan fingerprint density at radius 3 is 2.57 bits per heavy atom. The van der Waals surface area contributed by atoms with Crippen LogP contribution in [0.25, 0.3) is 0 Å². The third-order valence-corrected chi connectivity index (χ3v) is 4.64. The van der Waals surface area contributed by atoms with Crippen molar-refractivity contribution in [2.24, 2.45) is 0 Å². The van der Waals surface area contributed by atoms with Gasteiger partial charge in [-0.3, -0.25) is 4.90 Å². The van der Waals surface area contributed by atoms with Crippen molar-refractivity contribution in [2.45, 2.75) is 44.8 Å². The summed E-state index contributed by atoms with van der Waals surface area (Å²) in [7, 11) is 3.42. The largest absolute Gasteiger partial charge is 0.497 e. The van der Waals surface area contributed by atoms with Gasteiger partial charge in [0.25, 0.3) is 0 Å². The summed E-state index contributed by atoms with van der Waals surface area (Å²) in [5, 5.41) is 0. The predicted molar refractivity (Wildman–Crippen MR) is 89.8 cm³/mol. The van der Waals surface area contributed by atoms with Crippen LogP contribution >= 0.6 is 0 Å². The van der Waals surface area contributed by atoms with Gasteiger partial charge in [0.2, 0.25) is 0 Å². The van der Waals surface area contributed by atoms with Gasteiger partial charge in [-0.2, -0.15) is 0 Å². The lowest BCUT2D eigenvalue weighted by Gasteiger charge is -2.28. The Kier molecular flexibility index (Phi) is 5.23. The maximum Gasteiger partial charge on any atom is 0.123 e. The lowest BCUT2D eigenvalue weighted by Crippen LogP contribution is -2.32. The summed E-state index contributed by atoms with van der Waals surface area (Å²) >= 11 is 0. The van der Waals surface area contributed by atoms with Crippen LogP contribution in [0.3, 0.4) is 0 Å². The first-order chi connectivity index (χ1) is 11.3. The van der Waals surface area contributed by atoms with Crippen LogP contribution in [0.1, 0.15) is 37.0 Å². The Bertz CT molecular complexity index is 603. The highest BCUT2D eigenvalue weighted by Gasteiger charge is 2.24. The summed E-state index contributed by atoms with van der Waals surface area (Å²) in [6.45, 7) is 1.67. The Balaban J connectivity index is 1.82. The third-order valence-electron chi connectivity index (χ3n) is 4.64. The van der Waals surface area contributed by atoms with E-state index >= 15 is 0 Å². The fourth-order valence-corrected chi connectivity index (χ4v) is 3.41. The third kappa shape index (κ3) is 3.88. The van der Waals surface area contributed by atoms with Gasteiger partial charge in [-0.15, -0.1) is 0 Å². The maximum absolute atomic E-state index is 5.57. The summed E-state index contributed by atoms with van der Waals surface area (Å²) < 4.78 is 16.5. The van der Waals surface area contributed by atoms with Crippen molar-refractivity contribution in [2.75, 3.05) is 14.2 Å². The van der Waals surface area contributed by atoms with Gasteiger partial charge in [-0.25, -0.2) is 0 Å². The van der Waals surface area contributed by atoms with E-state index in [1.807, 2.05) is 24.3 Å². The molecule has 0 amide bonds. The molecule has 0 saturated heterocycles. The lowest BCUT2D eigenvalue weighted by atomic mass is 10.1. The molecule has 3 rings (SSSR count). The fourth-order valence-electron chi connectivity index (χ4n) is 3.41. The number of methoxy groups -OCH3 is 2. The second kappa shape index (κ2) is 7.55. The molecular weight excluding hydrogens is 290 g/mol. The zero-order valence-corrected chi connectivity index (χ0v) is 14.0. The van der Waals surface area contributed by atoms with Crippen LogP contribution in [0.5, 0.6) is 11.5 Å². The average molecular weight is 315 g/mol. The molecule has 1 aliphatic carbocycles. The first kappa shape index (κ1) is 15.9. The molecule has 23 heavy (non-hydrogen) atoms. The Morgan fingerprint density at radius 1 is 1.09 bits per heavy atom. The van der Waals surface area contributed by atoms with E-state index in [0.717, 1.165) is 35.9 Å². The molecule has 124 valence electrons. The van der Waals surface area contributed by atoms with Gasteiger partial charge in [-0.05, 0) is 43.2 Å². The molecule has 1 saturated carbocycles. The molecule has 1 fully saturated rings. The van der Waals surface area contributed by atoms with Gasteiger partial charge in [0.15, 0.2) is 0 Å². The van der Waals surface area contributed by atoms with E-state index in [2.05, 4.69) is 11.0 Å². The van der Waals surface area contributed by atoms with Crippen molar-refractivity contribution in [3.8, 4) is 11.5 Å². The van der Waals surface area contributed by atoms with Crippen molar-refractivity contribution in [1.82, 2.24) is 4.90 Å². The minimum atomic E-state index is 0.607. The number of furan rings is 1. The highest BCUT2D eigenvalue weighted by atomic mass is 16.5. The zero-order valence-electron chi connectivity index (χ0n) is 14.0. The minimum Gasteiger partial charge on any atom is -0.497 e. The summed E-state index contributed by atoms with van der Waals surface area (Å²) in [6, 6.07) is 10.6.